The van der Waals surface area contributed by atoms with Crippen molar-refractivity contribution in [1.82, 2.24) is 15.1 Å². The zero-order valence-corrected chi connectivity index (χ0v) is 12.8. The van der Waals surface area contributed by atoms with E-state index in [-0.39, 0.29) is 12.0 Å². The Bertz CT molecular complexity index is 433. The molecule has 0 aromatic carbocycles. The smallest absolute Gasteiger partial charge is 0.234 e. The maximum absolute atomic E-state index is 11.9. The van der Waals surface area contributed by atoms with E-state index >= 15 is 0 Å². The van der Waals surface area contributed by atoms with Crippen LogP contribution >= 0.6 is 0 Å². The highest BCUT2D eigenvalue weighted by Gasteiger charge is 2.25. The van der Waals surface area contributed by atoms with Crippen molar-refractivity contribution in [3.63, 3.8) is 0 Å². The standard InChI is InChI=1S/C15H25N3O3/c1-12-9-17(5-6-18(12)10-13(2)19)11-15(20)16-8-14-4-3-7-21-14/h3-4,7,12-13,19H,5-6,8-11H2,1-2H3,(H,16,20). The molecule has 2 unspecified atom stereocenters. The van der Waals surface area contributed by atoms with Crippen LogP contribution in [0.25, 0.3) is 0 Å². The van der Waals surface area contributed by atoms with Crippen molar-refractivity contribution in [2.75, 3.05) is 32.7 Å². The third-order valence-electron chi connectivity index (χ3n) is 3.76. The van der Waals surface area contributed by atoms with E-state index in [0.717, 1.165) is 25.4 Å². The molecule has 0 saturated carbocycles. The Balaban J connectivity index is 1.70. The summed E-state index contributed by atoms with van der Waals surface area (Å²) in [4.78, 5) is 16.3. The lowest BCUT2D eigenvalue weighted by Crippen LogP contribution is -2.55. The minimum Gasteiger partial charge on any atom is -0.467 e. The number of nitrogens with one attached hydrogen (secondary N) is 1. The van der Waals surface area contributed by atoms with Gasteiger partial charge in [0.05, 0.1) is 25.5 Å². The van der Waals surface area contributed by atoms with Crippen LogP contribution < -0.4 is 5.32 Å². The molecule has 2 heterocycles. The molecule has 0 bridgehead atoms. The number of β-amino-alcohol motifs (C(OH)–C–C–N with tert-alkyl or cyclic N) is 1. The molecule has 1 saturated heterocycles. The van der Waals surface area contributed by atoms with E-state index in [9.17, 15) is 9.90 Å². The van der Waals surface area contributed by atoms with Gasteiger partial charge >= 0.3 is 0 Å². The summed E-state index contributed by atoms with van der Waals surface area (Å²) in [5.41, 5.74) is 0. The number of carbonyl (C=O) groups is 1. The minimum absolute atomic E-state index is 0.0163. The third kappa shape index (κ3) is 5.15. The maximum atomic E-state index is 11.9. The molecule has 118 valence electrons. The lowest BCUT2D eigenvalue weighted by Gasteiger charge is -2.40. The van der Waals surface area contributed by atoms with Crippen molar-refractivity contribution < 1.29 is 14.3 Å². The molecule has 1 aromatic rings. The van der Waals surface area contributed by atoms with E-state index in [2.05, 4.69) is 22.0 Å². The van der Waals surface area contributed by atoms with Crippen molar-refractivity contribution >= 4 is 5.91 Å². The van der Waals surface area contributed by atoms with Crippen LogP contribution in [0.15, 0.2) is 22.8 Å². The molecule has 0 radical (unpaired) electrons. The van der Waals surface area contributed by atoms with Crippen LogP contribution in [-0.2, 0) is 11.3 Å². The van der Waals surface area contributed by atoms with Crippen molar-refractivity contribution in [1.29, 1.82) is 0 Å². The molecule has 2 atom stereocenters. The van der Waals surface area contributed by atoms with Crippen LogP contribution in [0.3, 0.4) is 0 Å². The Kier molecular flexibility index (Phi) is 5.78. The lowest BCUT2D eigenvalue weighted by molar-refractivity contribution is -0.123. The summed E-state index contributed by atoms with van der Waals surface area (Å²) in [6.45, 7) is 8.07. The molecule has 1 aliphatic heterocycles. The average molecular weight is 295 g/mol. The summed E-state index contributed by atoms with van der Waals surface area (Å²) >= 11 is 0. The van der Waals surface area contributed by atoms with E-state index in [1.54, 1.807) is 13.2 Å². The maximum Gasteiger partial charge on any atom is 0.234 e. The molecule has 0 aliphatic carbocycles. The summed E-state index contributed by atoms with van der Waals surface area (Å²) in [6, 6.07) is 4.01. The Morgan fingerprint density at radius 1 is 1.57 bits per heavy atom. The molecule has 2 rings (SSSR count). The second-order valence-corrected chi connectivity index (χ2v) is 5.78. The number of aliphatic hydroxyl groups is 1. The van der Waals surface area contributed by atoms with Gasteiger partial charge in [-0.05, 0) is 26.0 Å². The highest BCUT2D eigenvalue weighted by atomic mass is 16.3. The van der Waals surface area contributed by atoms with Crippen LogP contribution in [0.2, 0.25) is 0 Å². The van der Waals surface area contributed by atoms with Gasteiger partial charge in [-0.3, -0.25) is 14.6 Å². The molecule has 1 aromatic heterocycles. The zero-order chi connectivity index (χ0) is 15.2. The minimum atomic E-state index is -0.310. The molecule has 0 spiro atoms. The van der Waals surface area contributed by atoms with Crippen LogP contribution in [0, 0.1) is 0 Å². The van der Waals surface area contributed by atoms with Crippen LogP contribution in [0.4, 0.5) is 0 Å². The van der Waals surface area contributed by atoms with Gasteiger partial charge in [0.25, 0.3) is 0 Å². The average Bonchev–Trinajstić information content (AvgIpc) is 2.92. The number of piperazine rings is 1. The molecule has 6 heteroatoms. The first-order valence-corrected chi connectivity index (χ1v) is 7.48. The fraction of sp³-hybridized carbons (Fsp3) is 0.667. The Hall–Kier alpha value is -1.37. The van der Waals surface area contributed by atoms with Crippen molar-refractivity contribution in [3.8, 4) is 0 Å². The molecule has 21 heavy (non-hydrogen) atoms. The number of rotatable bonds is 6. The molecular weight excluding hydrogens is 270 g/mol. The first-order chi connectivity index (χ1) is 10.0. The van der Waals surface area contributed by atoms with Gasteiger partial charge in [-0.25, -0.2) is 0 Å². The molecule has 1 amide bonds. The molecule has 2 N–H and O–H groups in total. The van der Waals surface area contributed by atoms with E-state index in [1.165, 1.54) is 0 Å². The van der Waals surface area contributed by atoms with Gasteiger partial charge in [0.2, 0.25) is 5.91 Å². The first kappa shape index (κ1) is 16.0. The highest BCUT2D eigenvalue weighted by molar-refractivity contribution is 5.77. The van der Waals surface area contributed by atoms with E-state index in [0.29, 0.717) is 25.7 Å². The van der Waals surface area contributed by atoms with Crippen LogP contribution in [0.1, 0.15) is 19.6 Å². The molecule has 1 fully saturated rings. The van der Waals surface area contributed by atoms with E-state index < -0.39 is 0 Å². The molecular formula is C15H25N3O3. The second-order valence-electron chi connectivity index (χ2n) is 5.78. The van der Waals surface area contributed by atoms with E-state index in [1.807, 2.05) is 12.1 Å². The predicted molar refractivity (Wildman–Crippen MR) is 79.7 cm³/mol. The number of aliphatic hydroxyl groups excluding tert-OH is 1. The largest absolute Gasteiger partial charge is 0.467 e. The predicted octanol–water partition coefficient (Wildman–Crippen LogP) is 0.283. The van der Waals surface area contributed by atoms with Gasteiger partial charge in [0, 0.05) is 32.2 Å². The number of furan rings is 1. The fourth-order valence-corrected chi connectivity index (χ4v) is 2.68. The van der Waals surface area contributed by atoms with Crippen molar-refractivity contribution in [3.05, 3.63) is 24.2 Å². The topological polar surface area (TPSA) is 69.0 Å². The second kappa shape index (κ2) is 7.59. The lowest BCUT2D eigenvalue weighted by atomic mass is 10.1. The summed E-state index contributed by atoms with van der Waals surface area (Å²) < 4.78 is 5.18. The number of carbonyl (C=O) groups excluding carboxylic acids is 1. The summed E-state index contributed by atoms with van der Waals surface area (Å²) in [5, 5.41) is 12.3. The summed E-state index contributed by atoms with van der Waals surface area (Å²) in [7, 11) is 0. The normalized spacial score (nSPS) is 22.1. The number of amides is 1. The Morgan fingerprint density at radius 3 is 3.00 bits per heavy atom. The highest BCUT2D eigenvalue weighted by Crippen LogP contribution is 2.09. The monoisotopic (exact) mass is 295 g/mol. The number of hydrogen-bond acceptors (Lipinski definition) is 5. The van der Waals surface area contributed by atoms with Gasteiger partial charge in [0.1, 0.15) is 5.76 Å². The Labute approximate surface area is 125 Å². The van der Waals surface area contributed by atoms with Crippen molar-refractivity contribution in [2.45, 2.75) is 32.5 Å². The van der Waals surface area contributed by atoms with E-state index in [4.69, 9.17) is 4.42 Å². The summed E-state index contributed by atoms with van der Waals surface area (Å²) in [5.74, 6) is 0.779. The Morgan fingerprint density at radius 2 is 2.38 bits per heavy atom. The van der Waals surface area contributed by atoms with Gasteiger partial charge in [0.15, 0.2) is 0 Å². The SMILES string of the molecule is CC(O)CN1CCN(CC(=O)NCc2ccco2)CC1C. The quantitative estimate of drug-likeness (QED) is 0.789. The van der Waals surface area contributed by atoms with Gasteiger partial charge in [-0.2, -0.15) is 0 Å². The van der Waals surface area contributed by atoms with Gasteiger partial charge < -0.3 is 14.8 Å². The van der Waals surface area contributed by atoms with Crippen LogP contribution in [-0.4, -0.2) is 65.7 Å². The number of nitrogens with zero attached hydrogens (tertiary/aromatic N) is 2. The number of hydrogen-bond donors (Lipinski definition) is 2. The van der Waals surface area contributed by atoms with Gasteiger partial charge in [-0.15, -0.1) is 0 Å². The third-order valence-corrected chi connectivity index (χ3v) is 3.76. The molecule has 1 aliphatic rings. The van der Waals surface area contributed by atoms with Crippen molar-refractivity contribution in [2.24, 2.45) is 0 Å². The zero-order valence-electron chi connectivity index (χ0n) is 12.8. The summed E-state index contributed by atoms with van der Waals surface area (Å²) in [6.07, 6.45) is 1.29. The first-order valence-electron chi connectivity index (χ1n) is 7.48. The molecule has 6 nitrogen and oxygen atoms in total. The van der Waals surface area contributed by atoms with Crippen LogP contribution in [0.5, 0.6) is 0 Å². The fourth-order valence-electron chi connectivity index (χ4n) is 2.68. The van der Waals surface area contributed by atoms with Gasteiger partial charge in [-0.1, -0.05) is 0 Å².